The summed E-state index contributed by atoms with van der Waals surface area (Å²) in [5.74, 6) is 0.198. The lowest BCUT2D eigenvalue weighted by molar-refractivity contribution is 0.0929. The summed E-state index contributed by atoms with van der Waals surface area (Å²) in [5, 5.41) is 15.8. The maximum Gasteiger partial charge on any atom is 0.251 e. The van der Waals surface area contributed by atoms with Crippen LogP contribution in [0.2, 0.25) is 0 Å². The minimum atomic E-state index is -0.153. The predicted molar refractivity (Wildman–Crippen MR) is 68.0 cm³/mol. The molecule has 0 spiro atoms. The first-order chi connectivity index (χ1) is 8.70. The van der Waals surface area contributed by atoms with Crippen molar-refractivity contribution in [1.29, 1.82) is 0 Å². The molecule has 1 aromatic carbocycles. The Kier molecular flexibility index (Phi) is 4.04. The number of piperidine rings is 1. The highest BCUT2D eigenvalue weighted by Crippen LogP contribution is 2.26. The molecule has 0 aliphatic carbocycles. The maximum atomic E-state index is 12.0. The van der Waals surface area contributed by atoms with Gasteiger partial charge in [-0.1, -0.05) is 0 Å². The number of aromatic hydroxyl groups is 1. The molecule has 0 atom stereocenters. The van der Waals surface area contributed by atoms with Gasteiger partial charge in [-0.25, -0.2) is 0 Å². The summed E-state index contributed by atoms with van der Waals surface area (Å²) < 4.78 is 4.94. The first-order valence-electron chi connectivity index (χ1n) is 6.09. The SMILES string of the molecule is COc1ccc(C(=O)NC2CCNCC2)cc1O. The lowest BCUT2D eigenvalue weighted by Crippen LogP contribution is -2.42. The lowest BCUT2D eigenvalue weighted by Gasteiger charge is -2.23. The Hall–Kier alpha value is -1.75. The van der Waals surface area contributed by atoms with Gasteiger partial charge >= 0.3 is 0 Å². The van der Waals surface area contributed by atoms with Crippen LogP contribution >= 0.6 is 0 Å². The Bertz CT molecular complexity index is 428. The van der Waals surface area contributed by atoms with Gasteiger partial charge in [0.15, 0.2) is 11.5 Å². The number of hydrogen-bond donors (Lipinski definition) is 3. The molecule has 0 aromatic heterocycles. The van der Waals surface area contributed by atoms with Crippen molar-refractivity contribution in [2.75, 3.05) is 20.2 Å². The molecule has 5 heteroatoms. The van der Waals surface area contributed by atoms with Crippen molar-refractivity contribution in [1.82, 2.24) is 10.6 Å². The van der Waals surface area contributed by atoms with E-state index in [0.717, 1.165) is 25.9 Å². The molecule has 5 nitrogen and oxygen atoms in total. The molecule has 2 rings (SSSR count). The summed E-state index contributed by atoms with van der Waals surface area (Å²) in [7, 11) is 1.48. The molecule has 0 saturated carbocycles. The van der Waals surface area contributed by atoms with E-state index in [1.54, 1.807) is 12.1 Å². The number of benzene rings is 1. The van der Waals surface area contributed by atoms with Crippen molar-refractivity contribution in [2.45, 2.75) is 18.9 Å². The summed E-state index contributed by atoms with van der Waals surface area (Å²) >= 11 is 0. The number of phenols is 1. The molecule has 1 aliphatic rings. The number of methoxy groups -OCH3 is 1. The molecule has 18 heavy (non-hydrogen) atoms. The van der Waals surface area contributed by atoms with Gasteiger partial charge in [0.25, 0.3) is 5.91 Å². The molecule has 1 fully saturated rings. The molecule has 0 unspecified atom stereocenters. The smallest absolute Gasteiger partial charge is 0.251 e. The Balaban J connectivity index is 2.01. The minimum Gasteiger partial charge on any atom is -0.504 e. The number of ether oxygens (including phenoxy) is 1. The quantitative estimate of drug-likeness (QED) is 0.745. The second-order valence-corrected chi connectivity index (χ2v) is 4.38. The summed E-state index contributed by atoms with van der Waals surface area (Å²) in [6, 6.07) is 4.87. The van der Waals surface area contributed by atoms with Crippen LogP contribution in [-0.2, 0) is 0 Å². The highest BCUT2D eigenvalue weighted by Gasteiger charge is 2.17. The molecular weight excluding hydrogens is 232 g/mol. The largest absolute Gasteiger partial charge is 0.504 e. The van der Waals surface area contributed by atoms with Gasteiger partial charge in [0.2, 0.25) is 0 Å². The van der Waals surface area contributed by atoms with E-state index in [0.29, 0.717) is 11.3 Å². The minimum absolute atomic E-state index is 0.0181. The highest BCUT2D eigenvalue weighted by atomic mass is 16.5. The second-order valence-electron chi connectivity index (χ2n) is 4.38. The molecule has 3 N–H and O–H groups in total. The van der Waals surface area contributed by atoms with E-state index in [-0.39, 0.29) is 17.7 Å². The highest BCUT2D eigenvalue weighted by molar-refractivity contribution is 5.95. The second kappa shape index (κ2) is 5.73. The first kappa shape index (κ1) is 12.7. The molecule has 1 heterocycles. The molecule has 0 radical (unpaired) electrons. The van der Waals surface area contributed by atoms with E-state index in [4.69, 9.17) is 4.74 Å². The van der Waals surface area contributed by atoms with Gasteiger partial charge in [-0.3, -0.25) is 4.79 Å². The summed E-state index contributed by atoms with van der Waals surface area (Å²) in [4.78, 5) is 12.0. The van der Waals surface area contributed by atoms with Crippen LogP contribution in [0, 0.1) is 0 Å². The average Bonchev–Trinajstić information content (AvgIpc) is 2.39. The molecule has 1 aromatic rings. The fraction of sp³-hybridized carbons (Fsp3) is 0.462. The van der Waals surface area contributed by atoms with Gasteiger partial charge in [-0.15, -0.1) is 0 Å². The third kappa shape index (κ3) is 2.92. The van der Waals surface area contributed by atoms with Gasteiger partial charge in [-0.2, -0.15) is 0 Å². The Labute approximate surface area is 106 Å². The number of carbonyl (C=O) groups excluding carboxylic acids is 1. The van der Waals surface area contributed by atoms with E-state index in [2.05, 4.69) is 10.6 Å². The fourth-order valence-corrected chi connectivity index (χ4v) is 2.07. The number of carbonyl (C=O) groups is 1. The number of amides is 1. The molecule has 1 aliphatic heterocycles. The summed E-state index contributed by atoms with van der Waals surface area (Å²) in [5.41, 5.74) is 0.451. The Morgan fingerprint density at radius 1 is 1.44 bits per heavy atom. The van der Waals surface area contributed by atoms with Crippen molar-refractivity contribution in [3.05, 3.63) is 23.8 Å². The van der Waals surface area contributed by atoms with Gasteiger partial charge in [0.05, 0.1) is 7.11 Å². The Morgan fingerprint density at radius 3 is 2.78 bits per heavy atom. The van der Waals surface area contributed by atoms with Crippen molar-refractivity contribution in [3.63, 3.8) is 0 Å². The van der Waals surface area contributed by atoms with Gasteiger partial charge in [-0.05, 0) is 44.1 Å². The van der Waals surface area contributed by atoms with Crippen LogP contribution in [0.15, 0.2) is 18.2 Å². The van der Waals surface area contributed by atoms with Crippen LogP contribution in [0.5, 0.6) is 11.5 Å². The van der Waals surface area contributed by atoms with Crippen molar-refractivity contribution in [3.8, 4) is 11.5 Å². The topological polar surface area (TPSA) is 70.6 Å². The van der Waals surface area contributed by atoms with Crippen LogP contribution in [-0.4, -0.2) is 37.3 Å². The normalized spacial score (nSPS) is 16.3. The number of rotatable bonds is 3. The zero-order valence-electron chi connectivity index (χ0n) is 10.4. The molecule has 1 amide bonds. The maximum absolute atomic E-state index is 12.0. The number of nitrogens with one attached hydrogen (secondary N) is 2. The van der Waals surface area contributed by atoms with Crippen LogP contribution in [0.25, 0.3) is 0 Å². The fourth-order valence-electron chi connectivity index (χ4n) is 2.07. The predicted octanol–water partition coefficient (Wildman–Crippen LogP) is 0.883. The van der Waals surface area contributed by atoms with Gasteiger partial charge in [0.1, 0.15) is 0 Å². The van der Waals surface area contributed by atoms with E-state index < -0.39 is 0 Å². The van der Waals surface area contributed by atoms with Crippen molar-refractivity contribution >= 4 is 5.91 Å². The first-order valence-corrected chi connectivity index (χ1v) is 6.09. The zero-order valence-corrected chi connectivity index (χ0v) is 10.4. The summed E-state index contributed by atoms with van der Waals surface area (Å²) in [6.07, 6.45) is 1.88. The van der Waals surface area contributed by atoms with Gasteiger partial charge < -0.3 is 20.5 Å². The summed E-state index contributed by atoms with van der Waals surface area (Å²) in [6.45, 7) is 1.86. The van der Waals surface area contributed by atoms with Crippen LogP contribution in [0.4, 0.5) is 0 Å². The molecule has 1 saturated heterocycles. The third-order valence-corrected chi connectivity index (χ3v) is 3.12. The van der Waals surface area contributed by atoms with E-state index in [1.165, 1.54) is 13.2 Å². The molecule has 0 bridgehead atoms. The average molecular weight is 250 g/mol. The van der Waals surface area contributed by atoms with Crippen molar-refractivity contribution < 1.29 is 14.6 Å². The standard InChI is InChI=1S/C13H18N2O3/c1-18-12-3-2-9(8-11(12)16)13(17)15-10-4-6-14-7-5-10/h2-3,8,10,14,16H,4-7H2,1H3,(H,15,17). The van der Waals surface area contributed by atoms with Crippen LogP contribution in [0.3, 0.4) is 0 Å². The molecular formula is C13H18N2O3. The van der Waals surface area contributed by atoms with Crippen LogP contribution < -0.4 is 15.4 Å². The van der Waals surface area contributed by atoms with Crippen molar-refractivity contribution in [2.24, 2.45) is 0 Å². The monoisotopic (exact) mass is 250 g/mol. The van der Waals surface area contributed by atoms with Crippen LogP contribution in [0.1, 0.15) is 23.2 Å². The lowest BCUT2D eigenvalue weighted by atomic mass is 10.1. The Morgan fingerprint density at radius 2 is 2.17 bits per heavy atom. The molecule has 98 valence electrons. The third-order valence-electron chi connectivity index (χ3n) is 3.12. The van der Waals surface area contributed by atoms with Gasteiger partial charge in [0, 0.05) is 11.6 Å². The number of phenolic OH excluding ortho intramolecular Hbond substituents is 1. The van der Waals surface area contributed by atoms with E-state index in [9.17, 15) is 9.90 Å². The zero-order chi connectivity index (χ0) is 13.0. The van der Waals surface area contributed by atoms with E-state index >= 15 is 0 Å². The number of hydrogen-bond acceptors (Lipinski definition) is 4. The van der Waals surface area contributed by atoms with E-state index in [1.807, 2.05) is 0 Å².